The smallest absolute Gasteiger partial charge is 0.188 e. The van der Waals surface area contributed by atoms with E-state index in [1.54, 1.807) is 14.2 Å². The molecular weight excluding hydrogens is 290 g/mol. The molecule has 1 fully saturated rings. The zero-order chi connectivity index (χ0) is 15.4. The van der Waals surface area contributed by atoms with Gasteiger partial charge in [0, 0.05) is 18.9 Å². The van der Waals surface area contributed by atoms with Gasteiger partial charge in [-0.2, -0.15) is 0 Å². The van der Waals surface area contributed by atoms with E-state index in [2.05, 4.69) is 0 Å². The van der Waals surface area contributed by atoms with Gasteiger partial charge >= 0.3 is 0 Å². The number of aryl methyl sites for hydroxylation is 2. The van der Waals surface area contributed by atoms with Gasteiger partial charge in [0.25, 0.3) is 0 Å². The monoisotopic (exact) mass is 315 g/mol. The number of carbonyl (C=O) groups is 1. The van der Waals surface area contributed by atoms with Crippen molar-refractivity contribution < 1.29 is 14.3 Å². The molecule has 0 heterocycles. The molecule has 1 aliphatic carbocycles. The molecule has 1 unspecified atom stereocenters. The van der Waals surface area contributed by atoms with Gasteiger partial charge in [0.1, 0.15) is 17.1 Å². The minimum Gasteiger partial charge on any atom is -0.496 e. The van der Waals surface area contributed by atoms with Crippen LogP contribution >= 0.6 is 8.58 Å². The summed E-state index contributed by atoms with van der Waals surface area (Å²) in [5.74, 6) is 1.34. The summed E-state index contributed by atoms with van der Waals surface area (Å²) in [6.45, 7) is 3.96. The zero-order valence-electron chi connectivity index (χ0n) is 14.4. The van der Waals surface area contributed by atoms with Crippen LogP contribution in [0.2, 0.25) is 0 Å². The van der Waals surface area contributed by atoms with E-state index < -0.39 is 0 Å². The molecule has 1 aromatic carbocycles. The van der Waals surface area contributed by atoms with E-state index in [-0.39, 0.29) is 24.4 Å². The van der Waals surface area contributed by atoms with E-state index in [4.69, 9.17) is 9.47 Å². The molecule has 0 saturated heterocycles. The van der Waals surface area contributed by atoms with Crippen molar-refractivity contribution in [2.75, 3.05) is 14.2 Å². The number of benzene rings is 1. The van der Waals surface area contributed by atoms with Crippen LogP contribution in [0.1, 0.15) is 53.6 Å². The van der Waals surface area contributed by atoms with E-state index in [1.807, 2.05) is 19.9 Å². The second-order valence-electron chi connectivity index (χ2n) is 5.76. The van der Waals surface area contributed by atoms with Gasteiger partial charge in [-0.25, -0.2) is 0 Å². The van der Waals surface area contributed by atoms with E-state index in [0.717, 1.165) is 11.1 Å². The van der Waals surface area contributed by atoms with Crippen LogP contribution in [-0.4, -0.2) is 44.3 Å². The van der Waals surface area contributed by atoms with Gasteiger partial charge in [-0.1, -0.05) is 19.3 Å². The number of hydrogen-bond donors (Lipinski definition) is 0. The van der Waals surface area contributed by atoms with Crippen LogP contribution in [0, 0.1) is 13.8 Å². The number of carbonyl (C=O) groups excluding carboxylic acids is 1. The van der Waals surface area contributed by atoms with E-state index in [1.165, 1.54) is 32.1 Å². The van der Waals surface area contributed by atoms with Gasteiger partial charge < -0.3 is 9.47 Å². The van der Waals surface area contributed by atoms with Crippen molar-refractivity contribution in [2.24, 2.45) is 0 Å². The molecule has 5 heteroatoms. The Morgan fingerprint density at radius 3 is 2.00 bits per heavy atom. The molecule has 3 nitrogen and oxygen atoms in total. The second-order valence-corrected chi connectivity index (χ2v) is 7.32. The fourth-order valence-corrected chi connectivity index (χ4v) is 4.63. The maximum atomic E-state index is 12.8. The molecule has 117 valence electrons. The summed E-state index contributed by atoms with van der Waals surface area (Å²) in [7, 11) is 3.57. The Morgan fingerprint density at radius 2 is 1.55 bits per heavy atom. The molecule has 0 bridgehead atoms. The van der Waals surface area contributed by atoms with Crippen molar-refractivity contribution in [1.82, 2.24) is 0 Å². The van der Waals surface area contributed by atoms with Crippen LogP contribution in [0.5, 0.6) is 11.5 Å². The standard InChI is InChI=1S/C17H25O3P.Li/c1-11-10-12(2)16(20-4)14(15(11)19-3)17(18)21-13-8-6-5-7-9-13;/h10,13,21H,5-9H2,1-4H3;. The molecule has 0 aliphatic heterocycles. The molecule has 0 spiro atoms. The van der Waals surface area contributed by atoms with Gasteiger partial charge in [-0.15, -0.1) is 0 Å². The summed E-state index contributed by atoms with van der Waals surface area (Å²) in [6, 6.07) is 2.01. The van der Waals surface area contributed by atoms with Crippen molar-refractivity contribution in [3.63, 3.8) is 0 Å². The Bertz CT molecular complexity index is 497. The van der Waals surface area contributed by atoms with Gasteiger partial charge in [0.2, 0.25) is 0 Å². The Labute approximate surface area is 147 Å². The van der Waals surface area contributed by atoms with Crippen LogP contribution in [0.25, 0.3) is 0 Å². The minimum atomic E-state index is 0. The SMILES string of the molecule is COc1c(C)cc(C)c(OC)c1C(=O)PC1CCCCC1.[Li]. The molecule has 1 aromatic rings. The summed E-state index contributed by atoms with van der Waals surface area (Å²) in [4.78, 5) is 12.8. The summed E-state index contributed by atoms with van der Waals surface area (Å²) >= 11 is 0. The molecular formula is C17H25LiO3P. The quantitative estimate of drug-likeness (QED) is 0.606. The molecule has 1 aliphatic rings. The fourth-order valence-electron chi connectivity index (χ4n) is 3.19. The molecule has 0 N–H and O–H groups in total. The van der Waals surface area contributed by atoms with Crippen molar-refractivity contribution in [3.8, 4) is 11.5 Å². The summed E-state index contributed by atoms with van der Waals surface area (Å²) < 4.78 is 11.0. The number of hydrogen-bond acceptors (Lipinski definition) is 3. The third-order valence-corrected chi connectivity index (χ3v) is 5.68. The molecule has 2 rings (SSSR count). The Hall–Kier alpha value is -0.483. The van der Waals surface area contributed by atoms with Crippen molar-refractivity contribution in [1.29, 1.82) is 0 Å². The minimum absolute atomic E-state index is 0. The first-order valence-corrected chi connectivity index (χ1v) is 8.69. The molecule has 1 saturated carbocycles. The predicted molar refractivity (Wildman–Crippen MR) is 94.3 cm³/mol. The Morgan fingerprint density at radius 1 is 1.05 bits per heavy atom. The second kappa shape index (κ2) is 8.97. The first-order chi connectivity index (χ1) is 10.1. The van der Waals surface area contributed by atoms with E-state index in [0.29, 0.717) is 31.3 Å². The van der Waals surface area contributed by atoms with Crippen LogP contribution in [0.15, 0.2) is 6.07 Å². The summed E-state index contributed by atoms with van der Waals surface area (Å²) in [5, 5.41) is 0. The van der Waals surface area contributed by atoms with Gasteiger partial charge in [-0.05, 0) is 58.1 Å². The largest absolute Gasteiger partial charge is 0.496 e. The molecule has 1 radical (unpaired) electrons. The third kappa shape index (κ3) is 4.29. The molecule has 1 atom stereocenters. The normalized spacial score (nSPS) is 15.6. The summed E-state index contributed by atoms with van der Waals surface area (Å²) in [5.41, 5.74) is 3.35. The number of ether oxygens (including phenoxy) is 2. The topological polar surface area (TPSA) is 35.5 Å². The van der Waals surface area contributed by atoms with Crippen molar-refractivity contribution in [3.05, 3.63) is 22.8 Å². The maximum Gasteiger partial charge on any atom is 0.188 e. The van der Waals surface area contributed by atoms with Gasteiger partial charge in [-0.3, -0.25) is 4.79 Å². The van der Waals surface area contributed by atoms with E-state index >= 15 is 0 Å². The van der Waals surface area contributed by atoms with Crippen molar-refractivity contribution >= 4 is 33.0 Å². The van der Waals surface area contributed by atoms with Crippen LogP contribution in [-0.2, 0) is 0 Å². The number of rotatable bonds is 5. The Balaban J connectivity index is 0.00000242. The number of methoxy groups -OCH3 is 2. The van der Waals surface area contributed by atoms with Crippen LogP contribution < -0.4 is 9.47 Å². The van der Waals surface area contributed by atoms with Crippen molar-refractivity contribution in [2.45, 2.75) is 51.6 Å². The maximum absolute atomic E-state index is 12.8. The van der Waals surface area contributed by atoms with Gasteiger partial charge in [0.05, 0.1) is 14.2 Å². The Kier molecular flexibility index (Phi) is 7.98. The molecule has 0 aromatic heterocycles. The van der Waals surface area contributed by atoms with Gasteiger partial charge in [0.15, 0.2) is 5.52 Å². The third-order valence-electron chi connectivity index (χ3n) is 4.18. The molecule has 0 amide bonds. The first kappa shape index (κ1) is 19.6. The predicted octanol–water partition coefficient (Wildman–Crippen LogP) is 4.09. The van der Waals surface area contributed by atoms with Crippen LogP contribution in [0.4, 0.5) is 0 Å². The van der Waals surface area contributed by atoms with E-state index in [9.17, 15) is 4.79 Å². The summed E-state index contributed by atoms with van der Waals surface area (Å²) in [6.07, 6.45) is 6.18. The fraction of sp³-hybridized carbons (Fsp3) is 0.588. The molecule has 22 heavy (non-hydrogen) atoms. The average Bonchev–Trinajstić information content (AvgIpc) is 2.47. The first-order valence-electron chi connectivity index (χ1n) is 7.61. The zero-order valence-corrected chi connectivity index (χ0v) is 15.4. The van der Waals surface area contributed by atoms with Crippen LogP contribution in [0.3, 0.4) is 0 Å². The average molecular weight is 315 g/mol.